The summed E-state index contributed by atoms with van der Waals surface area (Å²) in [5.74, 6) is 0. The predicted molar refractivity (Wildman–Crippen MR) is 52.5 cm³/mol. The smallest absolute Gasteiger partial charge is 0.361 e. The summed E-state index contributed by atoms with van der Waals surface area (Å²) in [5.41, 5.74) is 0. The van der Waals surface area contributed by atoms with Gasteiger partial charge in [0.05, 0.1) is 4.92 Å². The Morgan fingerprint density at radius 2 is 2.25 bits per heavy atom. The van der Waals surface area contributed by atoms with Crippen LogP contribution in [0.15, 0.2) is 6.20 Å². The fraction of sp³-hybridized carbons (Fsp3) is 0.571. The highest BCUT2D eigenvalue weighted by molar-refractivity contribution is 7.18. The molecule has 0 fully saturated rings. The highest BCUT2D eigenvalue weighted by atomic mass is 32.1. The molecule has 9 heteroatoms. The quantitative estimate of drug-likeness (QED) is 0.499. The van der Waals surface area contributed by atoms with Crippen LogP contribution in [0.25, 0.3) is 0 Å². The summed E-state index contributed by atoms with van der Waals surface area (Å²) in [5, 5.41) is 13.0. The molecule has 1 N–H and O–H groups in total. The Labute approximate surface area is 92.5 Å². The van der Waals surface area contributed by atoms with Gasteiger partial charge in [-0.1, -0.05) is 0 Å². The fourth-order valence-corrected chi connectivity index (χ4v) is 1.57. The lowest BCUT2D eigenvalue weighted by Gasteiger charge is -2.05. The van der Waals surface area contributed by atoms with Crippen LogP contribution < -0.4 is 5.32 Å². The fourth-order valence-electron chi connectivity index (χ4n) is 0.916. The molecule has 16 heavy (non-hydrogen) atoms. The number of halogens is 3. The van der Waals surface area contributed by atoms with E-state index < -0.39 is 17.5 Å². The molecule has 0 atom stereocenters. The summed E-state index contributed by atoms with van der Waals surface area (Å²) < 4.78 is 35.3. The molecule has 0 amide bonds. The van der Waals surface area contributed by atoms with Crippen LogP contribution in [0.2, 0.25) is 0 Å². The minimum absolute atomic E-state index is 0.0864. The highest BCUT2D eigenvalue weighted by Gasteiger charge is 2.25. The standard InChI is InChI=1S/C7H8F3N3O2S/c8-7(9,10)2-1-3-11-6-12-4-5(16-6)13(14)15/h4H,1-3H2,(H,11,12). The molecule has 0 aliphatic heterocycles. The van der Waals surface area contributed by atoms with Crippen LogP contribution in [0.4, 0.5) is 23.3 Å². The summed E-state index contributed by atoms with van der Waals surface area (Å²) in [6, 6.07) is 0. The Balaban J connectivity index is 2.30. The Morgan fingerprint density at radius 1 is 1.56 bits per heavy atom. The maximum Gasteiger partial charge on any atom is 0.389 e. The van der Waals surface area contributed by atoms with Gasteiger partial charge in [-0.25, -0.2) is 4.98 Å². The van der Waals surface area contributed by atoms with Gasteiger partial charge in [0.15, 0.2) is 5.13 Å². The minimum atomic E-state index is -4.17. The summed E-state index contributed by atoms with van der Waals surface area (Å²) in [7, 11) is 0. The van der Waals surface area contributed by atoms with E-state index in [4.69, 9.17) is 0 Å². The van der Waals surface area contributed by atoms with Gasteiger partial charge < -0.3 is 5.32 Å². The molecule has 0 radical (unpaired) electrons. The van der Waals surface area contributed by atoms with E-state index >= 15 is 0 Å². The van der Waals surface area contributed by atoms with Gasteiger partial charge in [-0.15, -0.1) is 0 Å². The van der Waals surface area contributed by atoms with Gasteiger partial charge in [0.2, 0.25) is 0 Å². The molecule has 1 aromatic rings. The Bertz CT molecular complexity index is 366. The van der Waals surface area contributed by atoms with Crippen molar-refractivity contribution in [3.05, 3.63) is 16.3 Å². The number of hydrogen-bond donors (Lipinski definition) is 1. The normalized spacial score (nSPS) is 11.4. The molecule has 0 aliphatic rings. The van der Waals surface area contributed by atoms with Crippen molar-refractivity contribution in [1.82, 2.24) is 4.98 Å². The molecule has 0 bridgehead atoms. The highest BCUT2D eigenvalue weighted by Crippen LogP contribution is 2.25. The third-order valence-electron chi connectivity index (χ3n) is 1.59. The number of hydrogen-bond acceptors (Lipinski definition) is 5. The van der Waals surface area contributed by atoms with Crippen molar-refractivity contribution in [1.29, 1.82) is 0 Å². The summed E-state index contributed by atoms with van der Waals surface area (Å²) in [4.78, 5) is 13.3. The third-order valence-corrected chi connectivity index (χ3v) is 2.49. The van der Waals surface area contributed by atoms with E-state index in [-0.39, 0.29) is 23.1 Å². The average molecular weight is 255 g/mol. The van der Waals surface area contributed by atoms with Crippen molar-refractivity contribution in [2.75, 3.05) is 11.9 Å². The maximum absolute atomic E-state index is 11.8. The molecule has 0 aliphatic carbocycles. The Morgan fingerprint density at radius 3 is 2.75 bits per heavy atom. The average Bonchev–Trinajstić information content (AvgIpc) is 2.59. The second-order valence-corrected chi connectivity index (χ2v) is 3.92. The lowest BCUT2D eigenvalue weighted by molar-refractivity contribution is -0.380. The van der Waals surface area contributed by atoms with Crippen LogP contribution in [-0.2, 0) is 0 Å². The summed E-state index contributed by atoms with van der Waals surface area (Å²) in [6.45, 7) is 0.0875. The SMILES string of the molecule is O=[N+]([O-])c1cnc(NCCCC(F)(F)F)s1. The number of aromatic nitrogens is 1. The van der Waals surface area contributed by atoms with Crippen LogP contribution >= 0.6 is 11.3 Å². The zero-order chi connectivity index (χ0) is 12.2. The lowest BCUT2D eigenvalue weighted by atomic mass is 10.3. The molecule has 0 saturated carbocycles. The molecule has 90 valence electrons. The third kappa shape index (κ3) is 4.43. The van der Waals surface area contributed by atoms with Gasteiger partial charge in [0, 0.05) is 13.0 Å². The van der Waals surface area contributed by atoms with Crippen molar-refractivity contribution in [2.24, 2.45) is 0 Å². The molecule has 0 unspecified atom stereocenters. The number of anilines is 1. The first-order valence-electron chi connectivity index (χ1n) is 4.29. The molecule has 1 heterocycles. The largest absolute Gasteiger partial charge is 0.389 e. The molecule has 0 saturated heterocycles. The van der Waals surface area contributed by atoms with E-state index in [0.29, 0.717) is 0 Å². The number of nitrogens with zero attached hydrogens (tertiary/aromatic N) is 2. The topological polar surface area (TPSA) is 68.1 Å². The molecular weight excluding hydrogens is 247 g/mol. The van der Waals surface area contributed by atoms with Gasteiger partial charge in [-0.3, -0.25) is 10.1 Å². The van der Waals surface area contributed by atoms with Crippen molar-refractivity contribution in [3.63, 3.8) is 0 Å². The number of alkyl halides is 3. The molecule has 5 nitrogen and oxygen atoms in total. The Hall–Kier alpha value is -1.38. The van der Waals surface area contributed by atoms with Gasteiger partial charge in [-0.05, 0) is 17.8 Å². The van der Waals surface area contributed by atoms with Crippen molar-refractivity contribution in [3.8, 4) is 0 Å². The first kappa shape index (κ1) is 12.7. The molecular formula is C7H8F3N3O2S. The number of thiazole rings is 1. The summed E-state index contributed by atoms with van der Waals surface area (Å²) >= 11 is 0.796. The van der Waals surface area contributed by atoms with Crippen LogP contribution in [0.1, 0.15) is 12.8 Å². The van der Waals surface area contributed by atoms with Gasteiger partial charge in [0.1, 0.15) is 6.20 Å². The Kier molecular flexibility index (Phi) is 4.05. The number of nitrogens with one attached hydrogen (secondary N) is 1. The zero-order valence-corrected chi connectivity index (χ0v) is 8.77. The van der Waals surface area contributed by atoms with E-state index in [1.165, 1.54) is 0 Å². The number of rotatable bonds is 5. The van der Waals surface area contributed by atoms with Crippen LogP contribution in [0, 0.1) is 10.1 Å². The van der Waals surface area contributed by atoms with Crippen molar-refractivity contribution >= 4 is 21.5 Å². The zero-order valence-electron chi connectivity index (χ0n) is 7.95. The van der Waals surface area contributed by atoms with Crippen molar-refractivity contribution in [2.45, 2.75) is 19.0 Å². The molecule has 1 rings (SSSR count). The van der Waals surface area contributed by atoms with Crippen LogP contribution in [0.5, 0.6) is 0 Å². The summed E-state index contributed by atoms with van der Waals surface area (Å²) in [6.07, 6.45) is -4.07. The van der Waals surface area contributed by atoms with Gasteiger partial charge in [0.25, 0.3) is 0 Å². The van der Waals surface area contributed by atoms with Gasteiger partial charge >= 0.3 is 11.2 Å². The monoisotopic (exact) mass is 255 g/mol. The van der Waals surface area contributed by atoms with Crippen LogP contribution in [-0.4, -0.2) is 22.6 Å². The maximum atomic E-state index is 11.8. The van der Waals surface area contributed by atoms with E-state index in [9.17, 15) is 23.3 Å². The first-order valence-corrected chi connectivity index (χ1v) is 5.11. The second kappa shape index (κ2) is 5.10. The van der Waals surface area contributed by atoms with Crippen molar-refractivity contribution < 1.29 is 18.1 Å². The molecule has 0 aromatic carbocycles. The number of nitro groups is 1. The van der Waals surface area contributed by atoms with E-state index in [1.54, 1.807) is 0 Å². The lowest BCUT2D eigenvalue weighted by Crippen LogP contribution is -2.10. The predicted octanol–water partition coefficient (Wildman–Crippen LogP) is 2.81. The molecule has 0 spiro atoms. The van der Waals surface area contributed by atoms with E-state index in [1.807, 2.05) is 0 Å². The minimum Gasteiger partial charge on any atom is -0.361 e. The molecule has 1 aromatic heterocycles. The van der Waals surface area contributed by atoms with E-state index in [2.05, 4.69) is 10.3 Å². The first-order chi connectivity index (χ1) is 7.38. The van der Waals surface area contributed by atoms with E-state index in [0.717, 1.165) is 17.5 Å². The second-order valence-electron chi connectivity index (χ2n) is 2.91. The van der Waals surface area contributed by atoms with Crippen LogP contribution in [0.3, 0.4) is 0 Å². The van der Waals surface area contributed by atoms with Gasteiger partial charge in [-0.2, -0.15) is 13.2 Å².